The lowest BCUT2D eigenvalue weighted by molar-refractivity contribution is 0.0866. The summed E-state index contributed by atoms with van der Waals surface area (Å²) in [5.41, 5.74) is 8.06. The molecule has 0 saturated heterocycles. The Kier molecular flexibility index (Phi) is 6.67. The number of ether oxygens (including phenoxy) is 1. The summed E-state index contributed by atoms with van der Waals surface area (Å²) < 4.78 is 5.29. The maximum Gasteiger partial charge on any atom is 0.407 e. The molecule has 0 fully saturated rings. The van der Waals surface area contributed by atoms with Crippen LogP contribution in [0.5, 0.6) is 0 Å². The quantitative estimate of drug-likeness (QED) is 0.268. The molecule has 0 aromatic heterocycles. The predicted octanol–water partition coefficient (Wildman–Crippen LogP) is 2.91. The number of hydrogen-bond donors (Lipinski definition) is 1. The van der Waals surface area contributed by atoms with E-state index in [0.29, 0.717) is 6.54 Å². The minimum atomic E-state index is -0.423. The molecule has 6 nitrogen and oxygen atoms in total. The molecule has 1 aliphatic carbocycles. The van der Waals surface area contributed by atoms with Gasteiger partial charge in [-0.25, -0.2) is 4.79 Å². The van der Waals surface area contributed by atoms with E-state index >= 15 is 0 Å². The van der Waals surface area contributed by atoms with Crippen LogP contribution < -0.4 is 5.32 Å². The third-order valence-corrected chi connectivity index (χ3v) is 2.54. The summed E-state index contributed by atoms with van der Waals surface area (Å²) in [5.74, 6) is 0. The van der Waals surface area contributed by atoms with Crippen LogP contribution in [0.3, 0.4) is 0 Å². The lowest BCUT2D eigenvalue weighted by atomic mass is 10.0. The number of azide groups is 1. The van der Waals surface area contributed by atoms with Crippen LogP contribution in [-0.4, -0.2) is 25.3 Å². The summed E-state index contributed by atoms with van der Waals surface area (Å²) in [6, 6.07) is 0. The number of hydrogen-bond acceptors (Lipinski definition) is 3. The molecule has 0 bridgehead atoms. The molecular formula is C11H18N4O2. The molecule has 6 heteroatoms. The normalized spacial score (nSPS) is 21.5. The number of carbonyl (C=O) groups excluding carboxylic acids is 1. The third-order valence-electron chi connectivity index (χ3n) is 2.54. The molecule has 0 heterocycles. The summed E-state index contributed by atoms with van der Waals surface area (Å²) in [4.78, 5) is 14.0. The fraction of sp³-hybridized carbons (Fsp3) is 0.727. The zero-order valence-corrected chi connectivity index (χ0v) is 9.84. The number of rotatable bonds is 4. The minimum absolute atomic E-state index is 0.000539. The molecule has 0 aromatic carbocycles. The molecule has 94 valence electrons. The maximum atomic E-state index is 11.4. The van der Waals surface area contributed by atoms with E-state index in [1.807, 2.05) is 0 Å². The molecule has 1 aliphatic rings. The van der Waals surface area contributed by atoms with Gasteiger partial charge in [-0.15, -0.1) is 0 Å². The Morgan fingerprint density at radius 1 is 1.47 bits per heavy atom. The minimum Gasteiger partial charge on any atom is -0.446 e. The van der Waals surface area contributed by atoms with Crippen molar-refractivity contribution in [1.29, 1.82) is 0 Å². The van der Waals surface area contributed by atoms with Gasteiger partial charge in [0.25, 0.3) is 0 Å². The van der Waals surface area contributed by atoms with Crippen LogP contribution in [0.1, 0.15) is 32.1 Å². The number of alkyl carbamates (subject to hydrolysis) is 1. The van der Waals surface area contributed by atoms with Gasteiger partial charge in [-0.05, 0) is 37.6 Å². The molecule has 0 aromatic rings. The van der Waals surface area contributed by atoms with Gasteiger partial charge in [0.2, 0.25) is 0 Å². The third kappa shape index (κ3) is 6.48. The molecule has 0 spiro atoms. The Morgan fingerprint density at radius 3 is 3.12 bits per heavy atom. The van der Waals surface area contributed by atoms with Crippen LogP contribution in [0.4, 0.5) is 4.79 Å². The smallest absolute Gasteiger partial charge is 0.407 e. The van der Waals surface area contributed by atoms with Crippen LogP contribution in [-0.2, 0) is 4.74 Å². The van der Waals surface area contributed by atoms with Crippen molar-refractivity contribution in [3.05, 3.63) is 22.6 Å². The predicted molar refractivity (Wildman–Crippen MR) is 64.5 cm³/mol. The Bertz CT molecular complexity index is 311. The van der Waals surface area contributed by atoms with Gasteiger partial charge < -0.3 is 10.1 Å². The van der Waals surface area contributed by atoms with E-state index in [1.165, 1.54) is 0 Å². The molecule has 1 amide bonds. The highest BCUT2D eigenvalue weighted by molar-refractivity contribution is 5.67. The van der Waals surface area contributed by atoms with Crippen molar-refractivity contribution in [3.8, 4) is 0 Å². The van der Waals surface area contributed by atoms with Gasteiger partial charge in [0.1, 0.15) is 6.10 Å². The van der Waals surface area contributed by atoms with Gasteiger partial charge in [0, 0.05) is 18.0 Å². The first-order chi connectivity index (χ1) is 8.33. The van der Waals surface area contributed by atoms with E-state index < -0.39 is 6.09 Å². The molecule has 1 rings (SSSR count). The average molecular weight is 238 g/mol. The summed E-state index contributed by atoms with van der Waals surface area (Å²) in [6.45, 7) is 0.564. The van der Waals surface area contributed by atoms with Crippen molar-refractivity contribution in [2.24, 2.45) is 5.11 Å². The lowest BCUT2D eigenvalue weighted by Crippen LogP contribution is -2.30. The molecule has 0 aliphatic heterocycles. The van der Waals surface area contributed by atoms with Crippen molar-refractivity contribution in [2.45, 2.75) is 38.2 Å². The summed E-state index contributed by atoms with van der Waals surface area (Å²) >= 11 is 0. The van der Waals surface area contributed by atoms with Crippen molar-refractivity contribution >= 4 is 6.09 Å². The second kappa shape index (κ2) is 8.47. The molecule has 17 heavy (non-hydrogen) atoms. The fourth-order valence-electron chi connectivity index (χ4n) is 1.69. The molecule has 1 N–H and O–H groups in total. The van der Waals surface area contributed by atoms with E-state index in [0.717, 1.165) is 32.1 Å². The molecular weight excluding hydrogens is 220 g/mol. The van der Waals surface area contributed by atoms with Gasteiger partial charge >= 0.3 is 6.09 Å². The van der Waals surface area contributed by atoms with Crippen LogP contribution in [0.2, 0.25) is 0 Å². The van der Waals surface area contributed by atoms with Gasteiger partial charge in [0.15, 0.2) is 0 Å². The van der Waals surface area contributed by atoms with Gasteiger partial charge in [-0.1, -0.05) is 17.3 Å². The zero-order valence-electron chi connectivity index (χ0n) is 9.84. The molecule has 0 radical (unpaired) electrons. The van der Waals surface area contributed by atoms with Crippen molar-refractivity contribution < 1.29 is 9.53 Å². The number of nitrogens with one attached hydrogen (secondary N) is 1. The second-order valence-corrected chi connectivity index (χ2v) is 3.89. The van der Waals surface area contributed by atoms with E-state index in [9.17, 15) is 4.79 Å². The highest BCUT2D eigenvalue weighted by Crippen LogP contribution is 2.15. The summed E-state index contributed by atoms with van der Waals surface area (Å²) in [5, 5.41) is 5.88. The van der Waals surface area contributed by atoms with E-state index in [-0.39, 0.29) is 12.6 Å². The van der Waals surface area contributed by atoms with Gasteiger partial charge in [-0.3, -0.25) is 0 Å². The van der Waals surface area contributed by atoms with Crippen molar-refractivity contribution in [2.75, 3.05) is 13.1 Å². The highest BCUT2D eigenvalue weighted by atomic mass is 16.6. The first-order valence-corrected chi connectivity index (χ1v) is 5.93. The Morgan fingerprint density at radius 2 is 2.29 bits per heavy atom. The number of amides is 1. The standard InChI is InChI=1S/C11H18N4O2/c12-15-14-9-8-13-11(16)17-10-6-4-2-1-3-5-7-10/h1-2,10H,3-9H2,(H,13,16)/b2-1-. The lowest BCUT2D eigenvalue weighted by Gasteiger charge is -2.18. The highest BCUT2D eigenvalue weighted by Gasteiger charge is 2.13. The largest absolute Gasteiger partial charge is 0.446 e. The molecule has 0 saturated carbocycles. The van der Waals surface area contributed by atoms with Crippen LogP contribution >= 0.6 is 0 Å². The summed E-state index contributed by atoms with van der Waals surface area (Å²) in [6.07, 6.45) is 8.73. The van der Waals surface area contributed by atoms with E-state index in [4.69, 9.17) is 10.3 Å². The van der Waals surface area contributed by atoms with Crippen LogP contribution in [0.15, 0.2) is 17.3 Å². The number of nitrogens with zero attached hydrogens (tertiary/aromatic N) is 3. The zero-order chi connectivity index (χ0) is 12.3. The number of allylic oxidation sites excluding steroid dienone is 2. The Balaban J connectivity index is 2.19. The number of carbonyl (C=O) groups is 1. The van der Waals surface area contributed by atoms with Crippen molar-refractivity contribution in [1.82, 2.24) is 5.32 Å². The first-order valence-electron chi connectivity index (χ1n) is 5.93. The Hall–Kier alpha value is -1.68. The van der Waals surface area contributed by atoms with E-state index in [1.54, 1.807) is 0 Å². The van der Waals surface area contributed by atoms with Crippen LogP contribution in [0, 0.1) is 0 Å². The van der Waals surface area contributed by atoms with Crippen LogP contribution in [0.25, 0.3) is 10.4 Å². The maximum absolute atomic E-state index is 11.4. The average Bonchev–Trinajstić information content (AvgIpc) is 2.28. The van der Waals surface area contributed by atoms with Gasteiger partial charge in [0.05, 0.1) is 0 Å². The summed E-state index contributed by atoms with van der Waals surface area (Å²) in [7, 11) is 0. The second-order valence-electron chi connectivity index (χ2n) is 3.89. The topological polar surface area (TPSA) is 87.1 Å². The molecule has 1 atom stereocenters. The Labute approximate surface area is 101 Å². The van der Waals surface area contributed by atoms with E-state index in [2.05, 4.69) is 27.5 Å². The van der Waals surface area contributed by atoms with Gasteiger partial charge in [-0.2, -0.15) is 0 Å². The fourth-order valence-corrected chi connectivity index (χ4v) is 1.69. The molecule has 1 unspecified atom stereocenters. The SMILES string of the molecule is [N-]=[N+]=NCCNC(=O)OC1CC/C=C\CCC1. The monoisotopic (exact) mass is 238 g/mol. The first kappa shape index (κ1) is 13.4. The van der Waals surface area contributed by atoms with Crippen molar-refractivity contribution in [3.63, 3.8) is 0 Å².